The number of hydrogen-bond acceptors (Lipinski definition) is 5. The zero-order chi connectivity index (χ0) is 22.3. The summed E-state index contributed by atoms with van der Waals surface area (Å²) in [7, 11) is 0. The molecular weight excluding hydrogens is 400 g/mol. The molecule has 0 aliphatic rings. The van der Waals surface area contributed by atoms with E-state index in [0.717, 1.165) is 10.9 Å². The summed E-state index contributed by atoms with van der Waals surface area (Å²) >= 11 is 0. The van der Waals surface area contributed by atoms with E-state index in [1.807, 2.05) is 0 Å². The molecular formula is C22H20N4O5. The number of amides is 1. The van der Waals surface area contributed by atoms with E-state index in [4.69, 9.17) is 4.74 Å². The molecule has 9 heteroatoms. The minimum Gasteiger partial charge on any atom is -0.455 e. The zero-order valence-electron chi connectivity index (χ0n) is 17.1. The van der Waals surface area contributed by atoms with Crippen LogP contribution in [0, 0.1) is 10.1 Å². The van der Waals surface area contributed by atoms with Gasteiger partial charge in [0.25, 0.3) is 11.6 Å². The van der Waals surface area contributed by atoms with Crippen LogP contribution in [-0.2, 0) is 4.74 Å². The van der Waals surface area contributed by atoms with E-state index in [1.165, 1.54) is 12.1 Å². The number of aromatic nitrogens is 2. The van der Waals surface area contributed by atoms with E-state index >= 15 is 0 Å². The second-order valence-electron chi connectivity index (χ2n) is 8.15. The fourth-order valence-corrected chi connectivity index (χ4v) is 3.21. The summed E-state index contributed by atoms with van der Waals surface area (Å²) in [6.07, 6.45) is 0. The lowest BCUT2D eigenvalue weighted by Crippen LogP contribution is -2.24. The van der Waals surface area contributed by atoms with Crippen LogP contribution in [0.4, 0.5) is 11.4 Å². The molecule has 0 saturated carbocycles. The Morgan fingerprint density at radius 1 is 0.935 bits per heavy atom. The quantitative estimate of drug-likeness (QED) is 0.249. The molecule has 1 amide bonds. The number of esters is 1. The van der Waals surface area contributed by atoms with Crippen LogP contribution < -0.4 is 5.32 Å². The number of rotatable bonds is 4. The third kappa shape index (κ3) is 4.25. The van der Waals surface area contributed by atoms with Crippen molar-refractivity contribution in [1.82, 2.24) is 9.97 Å². The van der Waals surface area contributed by atoms with Gasteiger partial charge in [-0.3, -0.25) is 14.9 Å². The first-order chi connectivity index (χ1) is 14.6. The Hall–Kier alpha value is -4.14. The molecule has 4 aromatic rings. The number of hydrogen-bond donors (Lipinski definition) is 3. The van der Waals surface area contributed by atoms with Crippen molar-refractivity contribution in [2.24, 2.45) is 0 Å². The summed E-state index contributed by atoms with van der Waals surface area (Å²) in [5.41, 5.74) is 1.85. The minimum atomic E-state index is -0.604. The molecule has 0 aliphatic heterocycles. The van der Waals surface area contributed by atoms with E-state index < -0.39 is 16.5 Å². The number of aromatic amines is 2. The largest absolute Gasteiger partial charge is 0.455 e. The highest BCUT2D eigenvalue weighted by molar-refractivity contribution is 6.07. The molecule has 0 bridgehead atoms. The monoisotopic (exact) mass is 420 g/mol. The summed E-state index contributed by atoms with van der Waals surface area (Å²) in [6.45, 7) is 5.39. The van der Waals surface area contributed by atoms with Crippen molar-refractivity contribution in [2.45, 2.75) is 26.4 Å². The van der Waals surface area contributed by atoms with Crippen LogP contribution in [0.3, 0.4) is 0 Å². The molecule has 0 unspecified atom stereocenters. The summed E-state index contributed by atoms with van der Waals surface area (Å²) in [5.74, 6) is -0.845. The Labute approximate surface area is 176 Å². The Morgan fingerprint density at radius 2 is 1.55 bits per heavy atom. The second-order valence-corrected chi connectivity index (χ2v) is 8.15. The Bertz CT molecular complexity index is 1340. The molecule has 4 rings (SSSR count). The van der Waals surface area contributed by atoms with Crippen molar-refractivity contribution in [3.05, 3.63) is 70.0 Å². The number of benzene rings is 2. The van der Waals surface area contributed by atoms with Crippen LogP contribution in [0.15, 0.2) is 48.5 Å². The topological polar surface area (TPSA) is 130 Å². The predicted octanol–water partition coefficient (Wildman–Crippen LogP) is 4.77. The number of nitrogens with one attached hydrogen (secondary N) is 3. The lowest BCUT2D eigenvalue weighted by molar-refractivity contribution is -0.384. The molecule has 2 aromatic carbocycles. The standard InChI is InChI=1S/C22H20N4O5/c1-22(2,3)31-21(28)19-11-12-8-14(4-6-16(12)25-19)23-20(27)18-10-13-9-15(26(29)30)5-7-17(13)24-18/h4-11,24-25H,1-3H3,(H,23,27). The predicted molar refractivity (Wildman–Crippen MR) is 116 cm³/mol. The third-order valence-electron chi connectivity index (χ3n) is 4.56. The molecule has 158 valence electrons. The molecule has 31 heavy (non-hydrogen) atoms. The number of nitrogens with zero attached hydrogens (tertiary/aromatic N) is 1. The number of nitro groups is 1. The van der Waals surface area contributed by atoms with E-state index in [1.54, 1.807) is 57.2 Å². The van der Waals surface area contributed by atoms with Gasteiger partial charge in [0.1, 0.15) is 17.0 Å². The summed E-state index contributed by atoms with van der Waals surface area (Å²) in [5, 5.41) is 15.0. The van der Waals surface area contributed by atoms with Crippen molar-refractivity contribution in [3.8, 4) is 0 Å². The maximum absolute atomic E-state index is 12.7. The fraction of sp³-hybridized carbons (Fsp3) is 0.182. The Balaban J connectivity index is 1.55. The normalized spacial score (nSPS) is 11.6. The molecule has 9 nitrogen and oxygen atoms in total. The lowest BCUT2D eigenvalue weighted by atomic mass is 10.2. The number of nitro benzene ring substituents is 1. The molecule has 3 N–H and O–H groups in total. The molecule has 0 atom stereocenters. The first-order valence-electron chi connectivity index (χ1n) is 9.54. The first-order valence-corrected chi connectivity index (χ1v) is 9.54. The number of fused-ring (bicyclic) bond motifs is 2. The van der Waals surface area contributed by atoms with Crippen LogP contribution in [0.5, 0.6) is 0 Å². The number of carbonyl (C=O) groups is 2. The van der Waals surface area contributed by atoms with Crippen molar-refractivity contribution < 1.29 is 19.2 Å². The van der Waals surface area contributed by atoms with Crippen molar-refractivity contribution in [3.63, 3.8) is 0 Å². The highest BCUT2D eigenvalue weighted by Crippen LogP contribution is 2.24. The van der Waals surface area contributed by atoms with Gasteiger partial charge in [0, 0.05) is 39.6 Å². The van der Waals surface area contributed by atoms with Gasteiger partial charge in [-0.1, -0.05) is 0 Å². The van der Waals surface area contributed by atoms with Gasteiger partial charge in [-0.15, -0.1) is 0 Å². The molecule has 0 aliphatic carbocycles. The van der Waals surface area contributed by atoms with Gasteiger partial charge < -0.3 is 20.0 Å². The summed E-state index contributed by atoms with van der Waals surface area (Å²) in [6, 6.07) is 12.8. The van der Waals surface area contributed by atoms with Gasteiger partial charge in [0.05, 0.1) is 4.92 Å². The third-order valence-corrected chi connectivity index (χ3v) is 4.56. The highest BCUT2D eigenvalue weighted by Gasteiger charge is 2.20. The average Bonchev–Trinajstić information content (AvgIpc) is 3.29. The number of non-ortho nitro benzene ring substituents is 1. The molecule has 2 aromatic heterocycles. The van der Waals surface area contributed by atoms with Crippen molar-refractivity contribution in [1.29, 1.82) is 0 Å². The average molecular weight is 420 g/mol. The van der Waals surface area contributed by atoms with E-state index in [9.17, 15) is 19.7 Å². The summed E-state index contributed by atoms with van der Waals surface area (Å²) < 4.78 is 5.37. The van der Waals surface area contributed by atoms with Crippen LogP contribution in [0.25, 0.3) is 21.8 Å². The molecule has 0 saturated heterocycles. The minimum absolute atomic E-state index is 0.0443. The number of carbonyl (C=O) groups excluding carboxylic acids is 2. The van der Waals surface area contributed by atoms with Gasteiger partial charge in [0.15, 0.2) is 0 Å². The highest BCUT2D eigenvalue weighted by atomic mass is 16.6. The van der Waals surface area contributed by atoms with Gasteiger partial charge in [-0.25, -0.2) is 4.79 Å². The van der Waals surface area contributed by atoms with Crippen molar-refractivity contribution in [2.75, 3.05) is 5.32 Å². The molecule has 2 heterocycles. The fourth-order valence-electron chi connectivity index (χ4n) is 3.21. The van der Waals surface area contributed by atoms with Crippen LogP contribution in [-0.4, -0.2) is 32.4 Å². The number of ether oxygens (including phenoxy) is 1. The Kier molecular flexibility index (Phi) is 4.73. The molecule has 0 fully saturated rings. The first kappa shape index (κ1) is 20.1. The molecule has 0 radical (unpaired) electrons. The smallest absolute Gasteiger partial charge is 0.355 e. The maximum Gasteiger partial charge on any atom is 0.355 e. The van der Waals surface area contributed by atoms with Gasteiger partial charge in [-0.2, -0.15) is 0 Å². The van der Waals surface area contributed by atoms with E-state index in [2.05, 4.69) is 15.3 Å². The van der Waals surface area contributed by atoms with Gasteiger partial charge in [-0.05, 0) is 57.2 Å². The van der Waals surface area contributed by atoms with Crippen LogP contribution in [0.2, 0.25) is 0 Å². The van der Waals surface area contributed by atoms with E-state index in [0.29, 0.717) is 22.3 Å². The lowest BCUT2D eigenvalue weighted by Gasteiger charge is -2.18. The maximum atomic E-state index is 12.7. The molecule has 0 spiro atoms. The van der Waals surface area contributed by atoms with Crippen LogP contribution >= 0.6 is 0 Å². The Morgan fingerprint density at radius 3 is 2.23 bits per heavy atom. The summed E-state index contributed by atoms with van der Waals surface area (Å²) in [4.78, 5) is 41.3. The number of anilines is 1. The van der Waals surface area contributed by atoms with Crippen molar-refractivity contribution >= 4 is 45.1 Å². The van der Waals surface area contributed by atoms with Crippen LogP contribution in [0.1, 0.15) is 41.7 Å². The SMILES string of the molecule is CC(C)(C)OC(=O)c1cc2cc(NC(=O)c3cc4cc([N+](=O)[O-])ccc4[nH]3)ccc2[nH]1. The second kappa shape index (κ2) is 7.28. The van der Waals surface area contributed by atoms with E-state index in [-0.39, 0.29) is 17.3 Å². The number of H-pyrrole nitrogens is 2. The van der Waals surface area contributed by atoms with Gasteiger partial charge >= 0.3 is 5.97 Å². The zero-order valence-corrected chi connectivity index (χ0v) is 17.1. The van der Waals surface area contributed by atoms with Gasteiger partial charge in [0.2, 0.25) is 0 Å².